The molecule has 2 aromatic carbocycles. The van der Waals surface area contributed by atoms with E-state index in [0.717, 1.165) is 0 Å². The van der Waals surface area contributed by atoms with Crippen molar-refractivity contribution in [3.8, 4) is 17.2 Å². The lowest BCUT2D eigenvalue weighted by Crippen LogP contribution is -2.48. The van der Waals surface area contributed by atoms with Crippen LogP contribution < -0.4 is 19.5 Å². The van der Waals surface area contributed by atoms with Crippen LogP contribution in [0.5, 0.6) is 17.2 Å². The van der Waals surface area contributed by atoms with E-state index in [9.17, 15) is 14.4 Å². The molecule has 0 aliphatic carbocycles. The number of ketones is 1. The fourth-order valence-electron chi connectivity index (χ4n) is 3.54. The number of halogens is 1. The lowest BCUT2D eigenvalue weighted by atomic mass is 9.93. The Morgan fingerprint density at radius 1 is 1.06 bits per heavy atom. The number of Topliss-reactive ketones (excluding diaryl/α,β-unsaturated/α-hetero) is 1. The number of rotatable bonds is 7. The molecule has 34 heavy (non-hydrogen) atoms. The van der Waals surface area contributed by atoms with Gasteiger partial charge in [-0.3, -0.25) is 4.79 Å². The summed E-state index contributed by atoms with van der Waals surface area (Å²) >= 11 is 3.43. The number of ether oxygens (including phenoxy) is 5. The van der Waals surface area contributed by atoms with Crippen molar-refractivity contribution in [2.24, 2.45) is 5.92 Å². The molecular formula is C24H26BrNO8. The Morgan fingerprint density at radius 2 is 1.79 bits per heavy atom. The summed E-state index contributed by atoms with van der Waals surface area (Å²) in [4.78, 5) is 38.3. The minimum atomic E-state index is -1.33. The van der Waals surface area contributed by atoms with E-state index >= 15 is 0 Å². The molecule has 0 saturated carbocycles. The van der Waals surface area contributed by atoms with Crippen molar-refractivity contribution >= 4 is 33.8 Å². The van der Waals surface area contributed by atoms with Crippen molar-refractivity contribution < 1.29 is 38.1 Å². The van der Waals surface area contributed by atoms with Crippen LogP contribution in [0.15, 0.2) is 40.9 Å². The summed E-state index contributed by atoms with van der Waals surface area (Å²) in [7, 11) is 4.24. The summed E-state index contributed by atoms with van der Waals surface area (Å²) in [6, 6.07) is 9.03. The first-order valence-corrected chi connectivity index (χ1v) is 11.3. The van der Waals surface area contributed by atoms with Gasteiger partial charge in [0, 0.05) is 0 Å². The van der Waals surface area contributed by atoms with Gasteiger partial charge < -0.3 is 29.0 Å². The van der Waals surface area contributed by atoms with Crippen molar-refractivity contribution in [3.05, 3.63) is 52.0 Å². The molecule has 2 aromatic rings. The van der Waals surface area contributed by atoms with Gasteiger partial charge >= 0.3 is 12.1 Å². The van der Waals surface area contributed by atoms with Crippen LogP contribution in [0.2, 0.25) is 0 Å². The van der Waals surface area contributed by atoms with E-state index in [1.165, 1.54) is 27.4 Å². The first kappa shape index (κ1) is 25.4. The van der Waals surface area contributed by atoms with Gasteiger partial charge in [0.2, 0.25) is 11.9 Å². The first-order valence-electron chi connectivity index (χ1n) is 10.5. The number of carbonyl (C=O) groups is 3. The summed E-state index contributed by atoms with van der Waals surface area (Å²) in [6.07, 6.45) is -3.22. The minimum absolute atomic E-state index is 0.217. The van der Waals surface area contributed by atoms with Gasteiger partial charge in [0.05, 0.1) is 31.4 Å². The molecule has 1 aliphatic rings. The largest absolute Gasteiger partial charge is 0.497 e. The maximum atomic E-state index is 13.5. The van der Waals surface area contributed by atoms with Gasteiger partial charge in [-0.2, -0.15) is 0 Å². The normalized spacial score (nSPS) is 17.8. The van der Waals surface area contributed by atoms with Gasteiger partial charge in [-0.1, -0.05) is 19.9 Å². The van der Waals surface area contributed by atoms with E-state index in [1.54, 1.807) is 44.2 Å². The number of nitrogens with one attached hydrogen (secondary N) is 1. The van der Waals surface area contributed by atoms with Gasteiger partial charge in [0.15, 0.2) is 6.10 Å². The fourth-order valence-corrected chi connectivity index (χ4v) is 4.10. The summed E-state index contributed by atoms with van der Waals surface area (Å²) in [5.41, 5.74) is 0.794. The van der Waals surface area contributed by atoms with Crippen molar-refractivity contribution in [1.82, 2.24) is 5.32 Å². The van der Waals surface area contributed by atoms with Gasteiger partial charge in [-0.15, -0.1) is 0 Å². The Bertz CT molecular complexity index is 1090. The quantitative estimate of drug-likeness (QED) is 0.528. The van der Waals surface area contributed by atoms with Gasteiger partial charge in [-0.25, -0.2) is 9.59 Å². The summed E-state index contributed by atoms with van der Waals surface area (Å²) in [5.74, 6) is 0.0174. The number of carbonyl (C=O) groups excluding carboxylic acids is 3. The molecule has 0 radical (unpaired) electrons. The maximum absolute atomic E-state index is 13.5. The van der Waals surface area contributed by atoms with Crippen molar-refractivity contribution in [1.29, 1.82) is 0 Å². The zero-order valence-corrected chi connectivity index (χ0v) is 21.0. The Labute approximate surface area is 205 Å². The lowest BCUT2D eigenvalue weighted by Gasteiger charge is -2.33. The number of hydrogen-bond donors (Lipinski definition) is 1. The Morgan fingerprint density at radius 3 is 2.38 bits per heavy atom. The SMILES string of the molecule is COC(=O)[C@@H](NC(=O)O[C@@H]1C(=O)c2cc(OC)ccc2O[C@H]1c1ccc(OC)c(Br)c1)C(C)C. The van der Waals surface area contributed by atoms with Crippen LogP contribution >= 0.6 is 15.9 Å². The van der Waals surface area contributed by atoms with Crippen LogP contribution in [0.4, 0.5) is 4.79 Å². The predicted molar refractivity (Wildman–Crippen MR) is 125 cm³/mol. The third-order valence-electron chi connectivity index (χ3n) is 5.37. The van der Waals surface area contributed by atoms with E-state index in [2.05, 4.69) is 21.2 Å². The number of fused-ring (bicyclic) bond motifs is 1. The smallest absolute Gasteiger partial charge is 0.408 e. The molecule has 1 N–H and O–H groups in total. The topological polar surface area (TPSA) is 109 Å². The third kappa shape index (κ3) is 5.27. The summed E-state index contributed by atoms with van der Waals surface area (Å²) in [6.45, 7) is 3.49. The van der Waals surface area contributed by atoms with Crippen molar-refractivity contribution in [3.63, 3.8) is 0 Å². The van der Waals surface area contributed by atoms with Crippen LogP contribution in [0.3, 0.4) is 0 Å². The highest BCUT2D eigenvalue weighted by atomic mass is 79.9. The second kappa shape index (κ2) is 10.8. The number of esters is 1. The van der Waals surface area contributed by atoms with E-state index in [0.29, 0.717) is 27.3 Å². The van der Waals surface area contributed by atoms with Crippen LogP contribution in [0.1, 0.15) is 35.9 Å². The molecule has 0 spiro atoms. The van der Waals surface area contributed by atoms with E-state index in [-0.39, 0.29) is 11.5 Å². The molecule has 3 atom stereocenters. The van der Waals surface area contributed by atoms with Crippen molar-refractivity contribution in [2.45, 2.75) is 32.1 Å². The molecule has 1 amide bonds. The zero-order chi connectivity index (χ0) is 25.0. The van der Waals surface area contributed by atoms with Crippen LogP contribution in [-0.2, 0) is 14.3 Å². The molecular weight excluding hydrogens is 510 g/mol. The van der Waals surface area contributed by atoms with Crippen LogP contribution in [-0.4, -0.2) is 51.3 Å². The monoisotopic (exact) mass is 535 g/mol. The summed E-state index contributed by atoms with van der Waals surface area (Å²) in [5, 5.41) is 2.49. The fraction of sp³-hybridized carbons (Fsp3) is 0.375. The van der Waals surface area contributed by atoms with Crippen LogP contribution in [0, 0.1) is 5.92 Å². The molecule has 182 valence electrons. The van der Waals surface area contributed by atoms with Crippen LogP contribution in [0.25, 0.3) is 0 Å². The highest BCUT2D eigenvalue weighted by Gasteiger charge is 2.42. The highest BCUT2D eigenvalue weighted by Crippen LogP contribution is 2.40. The number of hydrogen-bond acceptors (Lipinski definition) is 8. The average molecular weight is 536 g/mol. The number of methoxy groups -OCH3 is 3. The molecule has 0 aromatic heterocycles. The third-order valence-corrected chi connectivity index (χ3v) is 5.99. The molecule has 10 heteroatoms. The van der Waals surface area contributed by atoms with Gasteiger partial charge in [-0.05, 0) is 57.7 Å². The Kier molecular flexibility index (Phi) is 8.03. The predicted octanol–water partition coefficient (Wildman–Crippen LogP) is 4.08. The zero-order valence-electron chi connectivity index (χ0n) is 19.4. The minimum Gasteiger partial charge on any atom is -0.497 e. The maximum Gasteiger partial charge on any atom is 0.408 e. The molecule has 0 saturated heterocycles. The van der Waals surface area contributed by atoms with E-state index in [1.807, 2.05) is 0 Å². The summed E-state index contributed by atoms with van der Waals surface area (Å²) < 4.78 is 27.5. The molecule has 9 nitrogen and oxygen atoms in total. The van der Waals surface area contributed by atoms with Gasteiger partial charge in [0.25, 0.3) is 0 Å². The second-order valence-electron chi connectivity index (χ2n) is 7.87. The standard InChI is InChI=1S/C24H26BrNO8/c1-12(2)19(23(28)32-5)26-24(29)34-22-20(27)15-11-14(30-3)7-9-17(15)33-21(22)13-6-8-18(31-4)16(25)10-13/h6-12,19,21-22H,1-5H3,(H,26,29)/t19-,21-,22+/m0/s1. The van der Waals surface area contributed by atoms with E-state index < -0.39 is 36.1 Å². The Balaban J connectivity index is 1.97. The first-order chi connectivity index (χ1) is 16.2. The molecule has 3 rings (SSSR count). The number of amides is 1. The second-order valence-corrected chi connectivity index (χ2v) is 8.73. The van der Waals surface area contributed by atoms with Gasteiger partial charge in [0.1, 0.15) is 23.3 Å². The average Bonchev–Trinajstić information content (AvgIpc) is 2.83. The molecule has 1 heterocycles. The molecule has 0 fully saturated rings. The number of alkyl carbamates (subject to hydrolysis) is 1. The molecule has 0 bridgehead atoms. The Hall–Kier alpha value is -3.27. The molecule has 1 aliphatic heterocycles. The van der Waals surface area contributed by atoms with Crippen molar-refractivity contribution in [2.75, 3.05) is 21.3 Å². The molecule has 0 unspecified atom stereocenters. The highest BCUT2D eigenvalue weighted by molar-refractivity contribution is 9.10. The number of benzene rings is 2. The van der Waals surface area contributed by atoms with E-state index in [4.69, 9.17) is 23.7 Å². The lowest BCUT2D eigenvalue weighted by molar-refractivity contribution is -0.144.